The van der Waals surface area contributed by atoms with Gasteiger partial charge in [0, 0.05) is 10.0 Å². The maximum atomic E-state index is 9.71. The van der Waals surface area contributed by atoms with Crippen molar-refractivity contribution < 1.29 is 0 Å². The topological polar surface area (TPSA) is 86.5 Å². The normalized spacial score (nSPS) is 10.0. The van der Waals surface area contributed by atoms with Gasteiger partial charge < -0.3 is 5.73 Å². The Morgan fingerprint density at radius 2 is 1.78 bits per heavy atom. The molecule has 0 unspecified atom stereocenters. The van der Waals surface area contributed by atoms with E-state index < -0.39 is 0 Å². The number of nitrogens with zero attached hydrogens (tertiary/aromatic N) is 3. The minimum Gasteiger partial charge on any atom is -0.383 e. The molecule has 0 spiro atoms. The highest BCUT2D eigenvalue weighted by molar-refractivity contribution is 9.10. The Morgan fingerprint density at radius 3 is 2.39 bits per heavy atom. The van der Waals surface area contributed by atoms with Crippen LogP contribution in [0.15, 0.2) is 46.3 Å². The number of thiophene rings is 1. The van der Waals surface area contributed by atoms with Gasteiger partial charge >= 0.3 is 0 Å². The van der Waals surface area contributed by atoms with Crippen molar-refractivity contribution in [2.45, 2.75) is 0 Å². The van der Waals surface area contributed by atoms with E-state index in [-0.39, 0.29) is 11.4 Å². The second-order valence-corrected chi connectivity index (χ2v) is 6.45. The van der Waals surface area contributed by atoms with Gasteiger partial charge in [0.15, 0.2) is 0 Å². The first kappa shape index (κ1) is 15.2. The lowest BCUT2D eigenvalue weighted by molar-refractivity contribution is 1.29. The highest BCUT2D eigenvalue weighted by Crippen LogP contribution is 2.39. The van der Waals surface area contributed by atoms with Gasteiger partial charge in [-0.15, -0.1) is 11.3 Å². The number of rotatable bonds is 2. The second-order valence-electron chi connectivity index (χ2n) is 4.65. The van der Waals surface area contributed by atoms with Gasteiger partial charge in [0.05, 0.1) is 10.4 Å². The highest BCUT2D eigenvalue weighted by atomic mass is 79.9. The summed E-state index contributed by atoms with van der Waals surface area (Å²) in [6, 6.07) is 15.5. The van der Waals surface area contributed by atoms with Crippen LogP contribution in [0.3, 0.4) is 0 Å². The number of anilines is 1. The minimum atomic E-state index is 0.126. The minimum absolute atomic E-state index is 0.126. The Morgan fingerprint density at radius 1 is 1.04 bits per heavy atom. The predicted octanol–water partition coefficient (Wildman–Crippen LogP) is 4.57. The molecular formula is C17H9BrN4S. The summed E-state index contributed by atoms with van der Waals surface area (Å²) in [6.07, 6.45) is 0. The molecule has 0 radical (unpaired) electrons. The van der Waals surface area contributed by atoms with Gasteiger partial charge in [-0.1, -0.05) is 40.2 Å². The van der Waals surface area contributed by atoms with Crippen LogP contribution in [-0.2, 0) is 0 Å². The van der Waals surface area contributed by atoms with Crippen LogP contribution in [0, 0.1) is 22.7 Å². The maximum absolute atomic E-state index is 9.71. The zero-order chi connectivity index (χ0) is 16.4. The Labute approximate surface area is 145 Å². The van der Waals surface area contributed by atoms with Crippen molar-refractivity contribution in [3.63, 3.8) is 0 Å². The summed E-state index contributed by atoms with van der Waals surface area (Å²) in [5, 5.41) is 21.1. The number of nitrogens with two attached hydrogens (primary N) is 1. The molecule has 23 heavy (non-hydrogen) atoms. The third-order valence-corrected chi connectivity index (χ3v) is 4.91. The van der Waals surface area contributed by atoms with Crippen molar-refractivity contribution >= 4 is 33.1 Å². The number of hydrogen-bond acceptors (Lipinski definition) is 5. The Bertz CT molecular complexity index is 965. The first-order valence-corrected chi connectivity index (χ1v) is 8.27. The monoisotopic (exact) mass is 380 g/mol. The van der Waals surface area contributed by atoms with Crippen molar-refractivity contribution in [3.05, 3.63) is 57.4 Å². The van der Waals surface area contributed by atoms with Gasteiger partial charge in [-0.3, -0.25) is 0 Å². The standard InChI is InChI=1S/C17H9BrN4S/c18-13-5-2-1-4-10(13)15-11(8-19)16(14-6-3-7-23-14)22-17(21)12(15)9-20/h1-7H,(H2,21,22). The summed E-state index contributed by atoms with van der Waals surface area (Å²) >= 11 is 4.95. The lowest BCUT2D eigenvalue weighted by atomic mass is 9.94. The van der Waals surface area contributed by atoms with Crippen LogP contribution in [0.1, 0.15) is 11.1 Å². The van der Waals surface area contributed by atoms with Crippen molar-refractivity contribution in [2.75, 3.05) is 5.73 Å². The number of benzene rings is 1. The van der Waals surface area contributed by atoms with Gasteiger partial charge in [-0.05, 0) is 23.1 Å². The first-order chi connectivity index (χ1) is 11.2. The Kier molecular flexibility index (Phi) is 4.12. The SMILES string of the molecule is N#Cc1c(N)nc(-c2cccs2)c(C#N)c1-c1ccccc1Br. The molecule has 2 aromatic heterocycles. The number of halogens is 1. The fourth-order valence-corrected chi connectivity index (χ4v) is 3.55. The molecule has 0 aliphatic rings. The number of hydrogen-bond donors (Lipinski definition) is 1. The van der Waals surface area contributed by atoms with Crippen LogP contribution < -0.4 is 5.73 Å². The molecular weight excluding hydrogens is 372 g/mol. The molecule has 0 aliphatic carbocycles. The fraction of sp³-hybridized carbons (Fsp3) is 0. The van der Waals surface area contributed by atoms with E-state index in [9.17, 15) is 10.5 Å². The first-order valence-electron chi connectivity index (χ1n) is 6.59. The number of aromatic nitrogens is 1. The summed E-state index contributed by atoms with van der Waals surface area (Å²) in [4.78, 5) is 5.14. The van der Waals surface area contributed by atoms with Gasteiger partial charge in [-0.2, -0.15) is 10.5 Å². The molecule has 0 saturated heterocycles. The molecule has 4 nitrogen and oxygen atoms in total. The zero-order valence-corrected chi connectivity index (χ0v) is 14.1. The van der Waals surface area contributed by atoms with Gasteiger partial charge in [0.25, 0.3) is 0 Å². The molecule has 3 aromatic rings. The summed E-state index contributed by atoms with van der Waals surface area (Å²) in [5.41, 5.74) is 8.32. The van der Waals surface area contributed by atoms with Crippen LogP contribution in [0.2, 0.25) is 0 Å². The van der Waals surface area contributed by atoms with E-state index in [0.29, 0.717) is 16.8 Å². The van der Waals surface area contributed by atoms with Crippen molar-refractivity contribution in [1.29, 1.82) is 10.5 Å². The van der Waals surface area contributed by atoms with Gasteiger partial charge in [-0.25, -0.2) is 4.98 Å². The fourth-order valence-electron chi connectivity index (χ4n) is 2.35. The lowest BCUT2D eigenvalue weighted by Gasteiger charge is -2.13. The van der Waals surface area contributed by atoms with E-state index in [0.717, 1.165) is 14.9 Å². The average Bonchev–Trinajstić information content (AvgIpc) is 3.08. The van der Waals surface area contributed by atoms with E-state index in [1.165, 1.54) is 11.3 Å². The quantitative estimate of drug-likeness (QED) is 0.705. The third kappa shape index (κ3) is 2.59. The lowest BCUT2D eigenvalue weighted by Crippen LogP contribution is -2.03. The molecule has 0 atom stereocenters. The zero-order valence-electron chi connectivity index (χ0n) is 11.7. The Hall–Kier alpha value is -2.67. The van der Waals surface area contributed by atoms with Crippen molar-refractivity contribution in [1.82, 2.24) is 4.98 Å². The van der Waals surface area contributed by atoms with Crippen molar-refractivity contribution in [3.8, 4) is 33.8 Å². The van der Waals surface area contributed by atoms with Crippen molar-refractivity contribution in [2.24, 2.45) is 0 Å². The summed E-state index contributed by atoms with van der Waals surface area (Å²) in [7, 11) is 0. The second kappa shape index (κ2) is 6.21. The Balaban J connectivity index is 2.45. The van der Waals surface area contributed by atoms with E-state index >= 15 is 0 Å². The molecule has 0 bridgehead atoms. The molecule has 0 amide bonds. The van der Waals surface area contributed by atoms with E-state index in [4.69, 9.17) is 5.73 Å². The molecule has 1 aromatic carbocycles. The van der Waals surface area contributed by atoms with E-state index in [2.05, 4.69) is 33.1 Å². The van der Waals surface area contributed by atoms with Crippen LogP contribution in [0.5, 0.6) is 0 Å². The molecule has 2 N–H and O–H groups in total. The molecule has 0 fully saturated rings. The molecule has 2 heterocycles. The summed E-state index contributed by atoms with van der Waals surface area (Å²) in [5.74, 6) is 0.126. The number of pyridine rings is 1. The molecule has 110 valence electrons. The van der Waals surface area contributed by atoms with Gasteiger partial charge in [0.1, 0.15) is 29.2 Å². The van der Waals surface area contributed by atoms with Crippen LogP contribution in [0.25, 0.3) is 21.7 Å². The van der Waals surface area contributed by atoms with Gasteiger partial charge in [0.2, 0.25) is 0 Å². The molecule has 3 rings (SSSR count). The average molecular weight is 381 g/mol. The van der Waals surface area contributed by atoms with Crippen LogP contribution in [0.4, 0.5) is 5.82 Å². The number of nitrogen functional groups attached to an aromatic ring is 1. The molecule has 6 heteroatoms. The smallest absolute Gasteiger partial charge is 0.142 e. The largest absolute Gasteiger partial charge is 0.383 e. The number of nitriles is 2. The summed E-state index contributed by atoms with van der Waals surface area (Å²) < 4.78 is 0.788. The highest BCUT2D eigenvalue weighted by Gasteiger charge is 2.22. The third-order valence-electron chi connectivity index (χ3n) is 3.35. The van der Waals surface area contributed by atoms with E-state index in [1.807, 2.05) is 41.8 Å². The maximum Gasteiger partial charge on any atom is 0.142 e. The van der Waals surface area contributed by atoms with E-state index in [1.54, 1.807) is 0 Å². The van der Waals surface area contributed by atoms with Crippen LogP contribution >= 0.6 is 27.3 Å². The summed E-state index contributed by atoms with van der Waals surface area (Å²) in [6.45, 7) is 0. The van der Waals surface area contributed by atoms with Crippen LogP contribution in [-0.4, -0.2) is 4.98 Å². The molecule has 0 saturated carbocycles. The molecule has 0 aliphatic heterocycles. The predicted molar refractivity (Wildman–Crippen MR) is 94.5 cm³/mol.